The maximum atomic E-state index is 2.49. The van der Waals surface area contributed by atoms with E-state index in [1.54, 1.807) is 0 Å². The van der Waals surface area contributed by atoms with E-state index in [2.05, 4.69) is 243 Å². The first kappa shape index (κ1) is 34.8. The summed E-state index contributed by atoms with van der Waals surface area (Å²) in [5, 5.41) is 7.48. The molecule has 0 amide bonds. The van der Waals surface area contributed by atoms with Crippen LogP contribution in [0.25, 0.3) is 99.6 Å². The number of benzene rings is 8. The second kappa shape index (κ2) is 13.7. The summed E-state index contributed by atoms with van der Waals surface area (Å²) in [4.78, 5) is 0. The van der Waals surface area contributed by atoms with Crippen LogP contribution in [0.2, 0.25) is 0 Å². The van der Waals surface area contributed by atoms with Crippen LogP contribution in [0.1, 0.15) is 17.9 Å². The van der Waals surface area contributed by atoms with Crippen LogP contribution >= 0.6 is 0 Å². The van der Waals surface area contributed by atoms with Crippen molar-refractivity contribution in [3.05, 3.63) is 230 Å². The van der Waals surface area contributed by atoms with E-state index in [4.69, 9.17) is 0 Å². The van der Waals surface area contributed by atoms with Crippen molar-refractivity contribution in [3.63, 3.8) is 0 Å². The van der Waals surface area contributed by atoms with Crippen LogP contribution in [0.5, 0.6) is 0 Å². The van der Waals surface area contributed by atoms with Crippen LogP contribution in [0.4, 0.5) is 0 Å². The van der Waals surface area contributed by atoms with Crippen molar-refractivity contribution in [2.45, 2.75) is 12.3 Å². The van der Waals surface area contributed by atoms with E-state index >= 15 is 0 Å². The number of allylic oxidation sites excluding steroid dienone is 4. The molecule has 62 heavy (non-hydrogen) atoms. The van der Waals surface area contributed by atoms with Crippen LogP contribution in [-0.2, 0) is 0 Å². The van der Waals surface area contributed by atoms with Gasteiger partial charge in [-0.3, -0.25) is 18.3 Å². The van der Waals surface area contributed by atoms with E-state index in [0.717, 1.165) is 40.5 Å². The molecule has 1 unspecified atom stereocenters. The Hall–Kier alpha value is -8.08. The molecule has 292 valence electrons. The molecule has 13 rings (SSSR count). The zero-order valence-electron chi connectivity index (χ0n) is 33.9. The maximum absolute atomic E-state index is 2.49. The summed E-state index contributed by atoms with van der Waals surface area (Å²) in [6, 6.07) is 73.5. The highest BCUT2D eigenvalue weighted by molar-refractivity contribution is 6.23. The number of hydrogen-bond acceptors (Lipinski definition) is 0. The molecule has 0 saturated heterocycles. The third-order valence-electron chi connectivity index (χ3n) is 13.0. The summed E-state index contributed by atoms with van der Waals surface area (Å²) < 4.78 is 9.93. The minimum Gasteiger partial charge on any atom is -0.295 e. The Bertz CT molecular complexity index is 3790. The lowest BCUT2D eigenvalue weighted by Crippen LogP contribution is -2.05. The molecule has 12 aromatic rings. The molecule has 1 aliphatic carbocycles. The molecule has 0 aliphatic heterocycles. The number of aromatic nitrogens is 4. The van der Waals surface area contributed by atoms with E-state index < -0.39 is 0 Å². The van der Waals surface area contributed by atoms with Gasteiger partial charge >= 0.3 is 0 Å². The Morgan fingerprint density at radius 1 is 0.339 bits per heavy atom. The predicted molar refractivity (Wildman–Crippen MR) is 260 cm³/mol. The summed E-state index contributed by atoms with van der Waals surface area (Å²) in [5.74, 6) is 0.351. The molecule has 0 fully saturated rings. The summed E-state index contributed by atoms with van der Waals surface area (Å²) in [6.07, 6.45) is 9.94. The smallest absolute Gasteiger partial charge is 0.131 e. The van der Waals surface area contributed by atoms with E-state index in [9.17, 15) is 0 Å². The third-order valence-corrected chi connectivity index (χ3v) is 13.0. The van der Waals surface area contributed by atoms with Crippen LogP contribution in [0.3, 0.4) is 0 Å². The van der Waals surface area contributed by atoms with Gasteiger partial charge in [0.1, 0.15) is 11.3 Å². The highest BCUT2D eigenvalue weighted by Crippen LogP contribution is 2.44. The largest absolute Gasteiger partial charge is 0.295 e. The average Bonchev–Trinajstić information content (AvgIpc) is 4.07. The van der Waals surface area contributed by atoms with Gasteiger partial charge in [0.25, 0.3) is 0 Å². The van der Waals surface area contributed by atoms with Crippen molar-refractivity contribution < 1.29 is 0 Å². The lowest BCUT2D eigenvalue weighted by atomic mass is 9.92. The Labute approximate surface area is 358 Å². The molecule has 0 radical (unpaired) electrons. The van der Waals surface area contributed by atoms with E-state index in [0.29, 0.717) is 5.92 Å². The number of hydrogen-bond donors (Lipinski definition) is 0. The fraction of sp³-hybridized carbons (Fsp3) is 0.0345. The molecule has 1 atom stereocenters. The van der Waals surface area contributed by atoms with Gasteiger partial charge in [-0.2, -0.15) is 0 Å². The van der Waals surface area contributed by atoms with Gasteiger partial charge in [0, 0.05) is 61.0 Å². The highest BCUT2D eigenvalue weighted by atomic mass is 15.2. The van der Waals surface area contributed by atoms with Gasteiger partial charge in [0.15, 0.2) is 0 Å². The summed E-state index contributed by atoms with van der Waals surface area (Å²) in [6.45, 7) is 0. The molecule has 8 aromatic carbocycles. The van der Waals surface area contributed by atoms with Crippen LogP contribution in [0, 0.1) is 0 Å². The van der Waals surface area contributed by atoms with Crippen molar-refractivity contribution in [1.29, 1.82) is 0 Å². The first-order valence-electron chi connectivity index (χ1n) is 21.6. The van der Waals surface area contributed by atoms with Crippen LogP contribution in [-0.4, -0.2) is 18.3 Å². The fourth-order valence-corrected chi connectivity index (χ4v) is 10.4. The minimum absolute atomic E-state index is 0.351. The molecule has 4 heterocycles. The second-order valence-corrected chi connectivity index (χ2v) is 16.5. The monoisotopic (exact) mass is 792 g/mol. The molecule has 0 saturated carbocycles. The summed E-state index contributed by atoms with van der Waals surface area (Å²) in [7, 11) is 0. The Morgan fingerprint density at radius 3 is 1.26 bits per heavy atom. The number of nitrogens with zero attached hydrogens (tertiary/aromatic N) is 4. The van der Waals surface area contributed by atoms with E-state index in [1.165, 1.54) is 71.1 Å². The minimum atomic E-state index is 0.351. The molecule has 4 heteroatoms. The lowest BCUT2D eigenvalue weighted by molar-refractivity contribution is 0.851. The van der Waals surface area contributed by atoms with E-state index in [-0.39, 0.29) is 0 Å². The zero-order chi connectivity index (χ0) is 40.7. The second-order valence-electron chi connectivity index (χ2n) is 16.5. The number of rotatable bonds is 6. The maximum Gasteiger partial charge on any atom is 0.131 e. The van der Waals surface area contributed by atoms with Gasteiger partial charge in [0.2, 0.25) is 0 Å². The zero-order valence-corrected chi connectivity index (χ0v) is 33.9. The molecule has 0 bridgehead atoms. The standard InChI is InChI=1S/C58H40N4/c1-3-18-39(19-4-1)41-22-15-24-43(36-41)59-51-32-11-7-28-47(51)55-49-30-9-13-34-53(49)61(57(55)59)45-26-17-27-46(38-45)62-54-35-14-10-31-50(54)56-48-29-8-12-33-52(48)60(58(56)62)44-25-16-23-42(37-44)40-20-5-2-6-21-40/h1-20,22-38,40H,21H2. The predicted octanol–water partition coefficient (Wildman–Crippen LogP) is 15.0. The van der Waals surface area contributed by atoms with Crippen molar-refractivity contribution in [3.8, 4) is 33.9 Å². The summed E-state index contributed by atoms with van der Waals surface area (Å²) in [5.41, 5.74) is 15.3. The SMILES string of the molecule is C1=CCC(c2cccc(-n3c4ccccc4c4c5ccccc5n(-c5cccc(-n6c7ccccc7c7c8ccccc8n(-c8cccc(-c9ccccc9)c8)c76)c5)c43)c2)C=C1. The number of para-hydroxylation sites is 4. The van der Waals surface area contributed by atoms with Gasteiger partial charge in [-0.15, -0.1) is 0 Å². The van der Waals surface area contributed by atoms with Crippen LogP contribution in [0.15, 0.2) is 224 Å². The van der Waals surface area contributed by atoms with Gasteiger partial charge in [-0.1, -0.05) is 158 Å². The molecule has 1 aliphatic rings. The van der Waals surface area contributed by atoms with Gasteiger partial charge in [0.05, 0.1) is 22.1 Å². The molecule has 4 aromatic heterocycles. The number of fused-ring (bicyclic) bond motifs is 10. The Balaban J connectivity index is 1.09. The summed E-state index contributed by atoms with van der Waals surface area (Å²) >= 11 is 0. The highest BCUT2D eigenvalue weighted by Gasteiger charge is 2.25. The fourth-order valence-electron chi connectivity index (χ4n) is 10.4. The first-order valence-corrected chi connectivity index (χ1v) is 21.6. The Kier molecular flexibility index (Phi) is 7.70. The topological polar surface area (TPSA) is 19.7 Å². The molecular weight excluding hydrogens is 753 g/mol. The first-order chi connectivity index (χ1) is 30.8. The molecule has 0 N–H and O–H groups in total. The van der Waals surface area contributed by atoms with Crippen molar-refractivity contribution in [1.82, 2.24) is 18.3 Å². The molecule has 4 nitrogen and oxygen atoms in total. The molecular formula is C58H40N4. The molecule has 0 spiro atoms. The van der Waals surface area contributed by atoms with Gasteiger partial charge in [-0.05, 0) is 89.8 Å². The van der Waals surface area contributed by atoms with Gasteiger partial charge < -0.3 is 0 Å². The van der Waals surface area contributed by atoms with Crippen molar-refractivity contribution in [2.75, 3.05) is 0 Å². The van der Waals surface area contributed by atoms with Crippen molar-refractivity contribution in [2.24, 2.45) is 0 Å². The van der Waals surface area contributed by atoms with Crippen LogP contribution < -0.4 is 0 Å². The van der Waals surface area contributed by atoms with Crippen molar-refractivity contribution >= 4 is 65.7 Å². The lowest BCUT2D eigenvalue weighted by Gasteiger charge is -2.18. The average molecular weight is 793 g/mol. The Morgan fingerprint density at radius 2 is 0.758 bits per heavy atom. The van der Waals surface area contributed by atoms with Gasteiger partial charge in [-0.25, -0.2) is 0 Å². The van der Waals surface area contributed by atoms with E-state index in [1.807, 2.05) is 0 Å². The quantitative estimate of drug-likeness (QED) is 0.160. The normalized spacial score (nSPS) is 14.1. The third kappa shape index (κ3) is 5.13.